The van der Waals surface area contributed by atoms with E-state index in [1.54, 1.807) is 12.1 Å². The minimum atomic E-state index is -0.553. The van der Waals surface area contributed by atoms with E-state index in [4.69, 9.17) is 0 Å². The van der Waals surface area contributed by atoms with Crippen molar-refractivity contribution in [3.05, 3.63) is 75.1 Å². The molecule has 1 heterocycles. The van der Waals surface area contributed by atoms with Crippen LogP contribution in [-0.4, -0.2) is 15.5 Å². The van der Waals surface area contributed by atoms with Gasteiger partial charge in [0.2, 0.25) is 5.88 Å². The predicted molar refractivity (Wildman–Crippen MR) is 109 cm³/mol. The Labute approximate surface area is 163 Å². The maximum atomic E-state index is 13.4. The van der Waals surface area contributed by atoms with Crippen LogP contribution >= 0.6 is 0 Å². The number of nitrogens with zero attached hydrogens (tertiary/aromatic N) is 2. The van der Waals surface area contributed by atoms with Crippen molar-refractivity contribution in [2.24, 2.45) is 0 Å². The highest BCUT2D eigenvalue weighted by Gasteiger charge is 2.25. The fraction of sp³-hybridized carbons (Fsp3) is 0.261. The molecule has 0 amide bonds. The number of aromatic nitrogens is 1. The fourth-order valence-electron chi connectivity index (χ4n) is 3.51. The van der Waals surface area contributed by atoms with Gasteiger partial charge in [0.05, 0.1) is 5.56 Å². The minimum Gasteiger partial charge on any atom is -0.494 e. The van der Waals surface area contributed by atoms with Crippen LogP contribution in [-0.2, 0) is 6.54 Å². The van der Waals surface area contributed by atoms with Crippen molar-refractivity contribution in [1.82, 2.24) is 4.57 Å². The first-order valence-electron chi connectivity index (χ1n) is 9.40. The van der Waals surface area contributed by atoms with E-state index >= 15 is 0 Å². The Bertz CT molecular complexity index is 1150. The quantitative estimate of drug-likeness (QED) is 0.515. The Morgan fingerprint density at radius 1 is 1.14 bits per heavy atom. The van der Waals surface area contributed by atoms with E-state index in [9.17, 15) is 20.0 Å². The molecule has 0 unspecified atom stereocenters. The summed E-state index contributed by atoms with van der Waals surface area (Å²) in [4.78, 5) is 26.0. The lowest BCUT2D eigenvalue weighted by Gasteiger charge is -2.16. The first-order chi connectivity index (χ1) is 13.5. The molecule has 5 heteroatoms. The molecule has 3 aromatic rings. The number of carbonyl (C=O) groups is 1. The number of unbranched alkanes of at least 4 members (excludes halogenated alkanes) is 2. The van der Waals surface area contributed by atoms with Crippen molar-refractivity contribution in [3.63, 3.8) is 0 Å². The monoisotopic (exact) mass is 374 g/mol. The lowest BCUT2D eigenvalue weighted by Crippen LogP contribution is -2.27. The van der Waals surface area contributed by atoms with Gasteiger partial charge in [-0.25, -0.2) is 0 Å². The van der Waals surface area contributed by atoms with Crippen LogP contribution < -0.4 is 5.56 Å². The summed E-state index contributed by atoms with van der Waals surface area (Å²) in [6.45, 7) is 3.84. The summed E-state index contributed by atoms with van der Waals surface area (Å²) in [7, 11) is 0. The molecule has 0 atom stereocenters. The Balaban J connectivity index is 2.23. The van der Waals surface area contributed by atoms with Gasteiger partial charge in [-0.1, -0.05) is 62.2 Å². The largest absolute Gasteiger partial charge is 0.494 e. The molecule has 0 aliphatic rings. The number of ketones is 1. The number of hydrogen-bond donors (Lipinski definition) is 1. The molecule has 28 heavy (non-hydrogen) atoms. The molecule has 3 rings (SSSR count). The first-order valence-corrected chi connectivity index (χ1v) is 9.40. The van der Waals surface area contributed by atoms with Crippen LogP contribution in [0.25, 0.3) is 10.8 Å². The van der Waals surface area contributed by atoms with Gasteiger partial charge in [-0.2, -0.15) is 5.26 Å². The van der Waals surface area contributed by atoms with Crippen LogP contribution in [0.15, 0.2) is 47.3 Å². The van der Waals surface area contributed by atoms with Gasteiger partial charge < -0.3 is 5.11 Å². The van der Waals surface area contributed by atoms with Gasteiger partial charge in [0.15, 0.2) is 5.78 Å². The molecule has 0 bridgehead atoms. The topological polar surface area (TPSA) is 83.1 Å². The molecule has 0 aliphatic carbocycles. The highest BCUT2D eigenvalue weighted by atomic mass is 16.3. The zero-order valence-electron chi connectivity index (χ0n) is 16.0. The first kappa shape index (κ1) is 19.4. The highest BCUT2D eigenvalue weighted by Crippen LogP contribution is 2.28. The van der Waals surface area contributed by atoms with E-state index in [1.807, 2.05) is 43.3 Å². The molecule has 5 nitrogen and oxygen atoms in total. The van der Waals surface area contributed by atoms with Crippen LogP contribution in [0.1, 0.15) is 53.2 Å². The summed E-state index contributed by atoms with van der Waals surface area (Å²) >= 11 is 0. The molecule has 1 N–H and O–H groups in total. The van der Waals surface area contributed by atoms with Crippen LogP contribution in [0.3, 0.4) is 0 Å². The predicted octanol–water partition coefficient (Wildman–Crippen LogP) is 4.31. The fourth-order valence-corrected chi connectivity index (χ4v) is 3.51. The maximum Gasteiger partial charge on any atom is 0.271 e. The van der Waals surface area contributed by atoms with E-state index in [1.165, 1.54) is 6.92 Å². The van der Waals surface area contributed by atoms with Crippen LogP contribution in [0.5, 0.6) is 5.88 Å². The van der Waals surface area contributed by atoms with Crippen LogP contribution in [0, 0.1) is 18.3 Å². The molecule has 0 spiro atoms. The average molecular weight is 374 g/mol. The molecule has 0 saturated carbocycles. The molecule has 0 saturated heterocycles. The molecular formula is C23H22N2O3. The van der Waals surface area contributed by atoms with Crippen molar-refractivity contribution in [3.8, 4) is 11.9 Å². The van der Waals surface area contributed by atoms with E-state index in [0.29, 0.717) is 12.0 Å². The second kappa shape index (κ2) is 8.10. The van der Waals surface area contributed by atoms with Gasteiger partial charge in [0, 0.05) is 12.1 Å². The van der Waals surface area contributed by atoms with Gasteiger partial charge >= 0.3 is 0 Å². The maximum absolute atomic E-state index is 13.4. The summed E-state index contributed by atoms with van der Waals surface area (Å²) in [5.41, 5.74) is 0.0128. The molecule has 0 fully saturated rings. The zero-order valence-corrected chi connectivity index (χ0v) is 16.0. The standard InChI is InChI=1S/C23H22N2O3/c1-3-4-7-13-25-22(27)19(14-24)15(2)20(23(25)28)21(26)18-12-8-10-16-9-5-6-11-17(16)18/h5-6,8-12,28H,3-4,7,13H2,1-2H3. The van der Waals surface area contributed by atoms with E-state index in [0.717, 1.165) is 28.2 Å². The third kappa shape index (κ3) is 3.29. The summed E-state index contributed by atoms with van der Waals surface area (Å²) in [5, 5.41) is 21.9. The van der Waals surface area contributed by atoms with Gasteiger partial charge in [0.25, 0.3) is 5.56 Å². The number of carbonyl (C=O) groups excluding carboxylic acids is 1. The Morgan fingerprint density at radius 2 is 1.86 bits per heavy atom. The van der Waals surface area contributed by atoms with E-state index < -0.39 is 11.3 Å². The Kier molecular flexibility index (Phi) is 5.60. The van der Waals surface area contributed by atoms with Gasteiger partial charge in [-0.05, 0) is 29.7 Å². The van der Waals surface area contributed by atoms with Crippen molar-refractivity contribution in [2.45, 2.75) is 39.7 Å². The Hall–Kier alpha value is -3.39. The lowest BCUT2D eigenvalue weighted by molar-refractivity contribution is 0.103. The smallest absolute Gasteiger partial charge is 0.271 e. The third-order valence-corrected chi connectivity index (χ3v) is 5.05. The molecule has 0 radical (unpaired) electrons. The Morgan fingerprint density at radius 3 is 2.57 bits per heavy atom. The lowest BCUT2D eigenvalue weighted by atomic mass is 9.94. The van der Waals surface area contributed by atoms with Crippen molar-refractivity contribution in [2.75, 3.05) is 0 Å². The molecular weight excluding hydrogens is 352 g/mol. The van der Waals surface area contributed by atoms with Gasteiger partial charge in [-0.3, -0.25) is 14.2 Å². The summed E-state index contributed by atoms with van der Waals surface area (Å²) < 4.78 is 1.15. The second-order valence-electron chi connectivity index (χ2n) is 6.83. The van der Waals surface area contributed by atoms with Gasteiger partial charge in [-0.15, -0.1) is 0 Å². The summed E-state index contributed by atoms with van der Waals surface area (Å²) in [6, 6.07) is 14.8. The average Bonchev–Trinajstić information content (AvgIpc) is 2.70. The van der Waals surface area contributed by atoms with Crippen LogP contribution in [0.2, 0.25) is 0 Å². The molecule has 142 valence electrons. The van der Waals surface area contributed by atoms with E-state index in [2.05, 4.69) is 0 Å². The summed E-state index contributed by atoms with van der Waals surface area (Å²) in [5.74, 6) is -0.761. The third-order valence-electron chi connectivity index (χ3n) is 5.05. The minimum absolute atomic E-state index is 0.0176. The molecule has 1 aromatic heterocycles. The second-order valence-corrected chi connectivity index (χ2v) is 6.83. The van der Waals surface area contributed by atoms with Crippen molar-refractivity contribution >= 4 is 16.6 Å². The highest BCUT2D eigenvalue weighted by molar-refractivity contribution is 6.18. The number of rotatable bonds is 6. The van der Waals surface area contributed by atoms with Crippen molar-refractivity contribution < 1.29 is 9.90 Å². The number of pyridine rings is 1. The zero-order chi connectivity index (χ0) is 20.3. The SMILES string of the molecule is CCCCCn1c(O)c(C(=O)c2cccc3ccccc23)c(C)c(C#N)c1=O. The number of nitriles is 1. The molecule has 0 aliphatic heterocycles. The number of aromatic hydroxyl groups is 1. The van der Waals surface area contributed by atoms with Crippen molar-refractivity contribution in [1.29, 1.82) is 5.26 Å². The number of hydrogen-bond acceptors (Lipinski definition) is 4. The summed E-state index contributed by atoms with van der Waals surface area (Å²) in [6.07, 6.45) is 2.52. The van der Waals surface area contributed by atoms with Crippen LogP contribution in [0.4, 0.5) is 0 Å². The number of fused-ring (bicyclic) bond motifs is 1. The number of benzene rings is 2. The van der Waals surface area contributed by atoms with Gasteiger partial charge in [0.1, 0.15) is 11.6 Å². The van der Waals surface area contributed by atoms with E-state index in [-0.39, 0.29) is 29.1 Å². The molecule has 2 aromatic carbocycles. The normalized spacial score (nSPS) is 10.8.